The van der Waals surface area contributed by atoms with Gasteiger partial charge in [-0.2, -0.15) is 4.39 Å². The predicted octanol–water partition coefficient (Wildman–Crippen LogP) is 4.58. The number of nitrogens with one attached hydrogen (secondary N) is 1. The van der Waals surface area contributed by atoms with E-state index in [9.17, 15) is 22.0 Å². The van der Waals surface area contributed by atoms with E-state index in [-0.39, 0.29) is 27.8 Å². The molecule has 11 heteroatoms. The number of hydrogen-bond acceptors (Lipinski definition) is 6. The quantitative estimate of drug-likeness (QED) is 0.519. The summed E-state index contributed by atoms with van der Waals surface area (Å²) in [7, 11) is -2.33. The van der Waals surface area contributed by atoms with Crippen molar-refractivity contribution < 1.29 is 31.5 Å². The number of amides is 1. The minimum Gasteiger partial charge on any atom is -0.490 e. The lowest BCUT2D eigenvalue weighted by molar-refractivity contribution is 0.102. The average Bonchev–Trinajstić information content (AvgIpc) is 2.71. The highest BCUT2D eigenvalue weighted by Crippen LogP contribution is 2.36. The second-order valence-electron chi connectivity index (χ2n) is 6.26. The third-order valence-corrected chi connectivity index (χ3v) is 5.55. The van der Waals surface area contributed by atoms with E-state index in [0.717, 1.165) is 25.5 Å². The molecule has 7 nitrogen and oxygen atoms in total. The lowest BCUT2D eigenvalue weighted by Gasteiger charge is -2.14. The van der Waals surface area contributed by atoms with Crippen molar-refractivity contribution in [2.45, 2.75) is 4.90 Å². The maximum atomic E-state index is 14.0. The molecule has 0 aliphatic rings. The molecule has 31 heavy (non-hydrogen) atoms. The minimum absolute atomic E-state index is 0.0284. The van der Waals surface area contributed by atoms with Gasteiger partial charge >= 0.3 is 0 Å². The number of aromatic nitrogens is 1. The van der Waals surface area contributed by atoms with Crippen LogP contribution < -0.4 is 14.8 Å². The van der Waals surface area contributed by atoms with Gasteiger partial charge in [0.25, 0.3) is 5.91 Å². The lowest BCUT2D eigenvalue weighted by atomic mass is 10.2. The third kappa shape index (κ3) is 5.17. The molecule has 0 unspecified atom stereocenters. The molecule has 0 radical (unpaired) electrons. The summed E-state index contributed by atoms with van der Waals surface area (Å²) in [6.45, 7) is 0. The van der Waals surface area contributed by atoms with Crippen LogP contribution in [0.5, 0.6) is 17.4 Å². The highest BCUT2D eigenvalue weighted by molar-refractivity contribution is 9.10. The molecular weight excluding hydrogens is 498 g/mol. The van der Waals surface area contributed by atoms with Crippen molar-refractivity contribution in [1.29, 1.82) is 0 Å². The second-order valence-corrected chi connectivity index (χ2v) is 9.19. The maximum absolute atomic E-state index is 14.0. The zero-order valence-corrected chi connectivity index (χ0v) is 18.6. The third-order valence-electron chi connectivity index (χ3n) is 4.01. The molecule has 1 aromatic heterocycles. The Morgan fingerprint density at radius 3 is 2.58 bits per heavy atom. The molecule has 0 spiro atoms. The lowest BCUT2D eigenvalue weighted by Crippen LogP contribution is -2.14. The predicted molar refractivity (Wildman–Crippen MR) is 112 cm³/mol. The van der Waals surface area contributed by atoms with Crippen LogP contribution in [0, 0.1) is 11.6 Å². The number of anilines is 1. The van der Waals surface area contributed by atoms with Crippen LogP contribution in [0.3, 0.4) is 0 Å². The van der Waals surface area contributed by atoms with Gasteiger partial charge in [-0.3, -0.25) is 4.79 Å². The normalized spacial score (nSPS) is 11.1. The number of ether oxygens (including phenoxy) is 2. The van der Waals surface area contributed by atoms with Gasteiger partial charge in [-0.05, 0) is 52.3 Å². The number of halogens is 3. The fraction of sp³-hybridized carbons (Fsp3) is 0.100. The van der Waals surface area contributed by atoms with Crippen molar-refractivity contribution in [3.8, 4) is 17.4 Å². The van der Waals surface area contributed by atoms with Crippen molar-refractivity contribution in [2.75, 3.05) is 18.7 Å². The molecule has 2 aromatic carbocycles. The molecular formula is C20H15BrF2N2O5S. The van der Waals surface area contributed by atoms with Crippen LogP contribution in [-0.4, -0.2) is 32.7 Å². The average molecular weight is 513 g/mol. The van der Waals surface area contributed by atoms with Crippen LogP contribution in [0.4, 0.5) is 14.5 Å². The van der Waals surface area contributed by atoms with Gasteiger partial charge in [0.05, 0.1) is 12.0 Å². The first-order valence-electron chi connectivity index (χ1n) is 8.57. The molecule has 0 bridgehead atoms. The Hall–Kier alpha value is -3.05. The van der Waals surface area contributed by atoms with Gasteiger partial charge in [-0.1, -0.05) is 6.07 Å². The molecule has 162 valence electrons. The first-order valence-corrected chi connectivity index (χ1v) is 11.3. The highest BCUT2D eigenvalue weighted by atomic mass is 79.9. The van der Waals surface area contributed by atoms with Gasteiger partial charge in [-0.15, -0.1) is 0 Å². The smallest absolute Gasteiger partial charge is 0.261 e. The van der Waals surface area contributed by atoms with Gasteiger partial charge < -0.3 is 14.8 Å². The number of nitrogens with zero attached hydrogens (tertiary/aromatic N) is 1. The van der Waals surface area contributed by atoms with Crippen LogP contribution in [0.15, 0.2) is 58.0 Å². The standard InChI is InChI=1S/C20H15BrF2N2O5S/c1-29-18-16(7-6-15(22)17(18)23)30-20-14(8-11(21)10-24-20)19(26)25-12-4-3-5-13(9-12)31(2,27)28/h3-10H,1-2H3,(H,25,26). The summed E-state index contributed by atoms with van der Waals surface area (Å²) in [4.78, 5) is 16.9. The Morgan fingerprint density at radius 2 is 1.90 bits per heavy atom. The first kappa shape index (κ1) is 22.6. The summed E-state index contributed by atoms with van der Waals surface area (Å²) in [6.07, 6.45) is 2.40. The molecule has 0 saturated carbocycles. The molecule has 0 aliphatic carbocycles. The van der Waals surface area contributed by atoms with Gasteiger partial charge in [0, 0.05) is 22.6 Å². The van der Waals surface area contributed by atoms with Crippen molar-refractivity contribution in [3.05, 3.63) is 70.3 Å². The molecule has 1 amide bonds. The molecule has 0 fully saturated rings. The Labute approximate surface area is 185 Å². The van der Waals surface area contributed by atoms with Gasteiger partial charge in [0.15, 0.2) is 21.4 Å². The Bertz CT molecular complexity index is 1270. The van der Waals surface area contributed by atoms with E-state index in [2.05, 4.69) is 26.2 Å². The van der Waals surface area contributed by atoms with Crippen molar-refractivity contribution >= 4 is 37.4 Å². The molecule has 0 saturated heterocycles. The summed E-state index contributed by atoms with van der Waals surface area (Å²) >= 11 is 3.21. The largest absolute Gasteiger partial charge is 0.490 e. The molecule has 1 heterocycles. The Kier molecular flexibility index (Phi) is 6.56. The molecule has 0 atom stereocenters. The van der Waals surface area contributed by atoms with E-state index in [0.29, 0.717) is 4.47 Å². The number of rotatable bonds is 6. The van der Waals surface area contributed by atoms with Crippen LogP contribution in [0.1, 0.15) is 10.4 Å². The van der Waals surface area contributed by atoms with Crippen molar-refractivity contribution in [3.63, 3.8) is 0 Å². The van der Waals surface area contributed by atoms with Crippen LogP contribution >= 0.6 is 15.9 Å². The molecule has 1 N–H and O–H groups in total. The number of benzene rings is 2. The second kappa shape index (κ2) is 8.98. The highest BCUT2D eigenvalue weighted by Gasteiger charge is 2.21. The van der Waals surface area contributed by atoms with Gasteiger partial charge in [0.2, 0.25) is 17.4 Å². The summed E-state index contributed by atoms with van der Waals surface area (Å²) in [5, 5.41) is 2.56. The van der Waals surface area contributed by atoms with E-state index < -0.39 is 33.1 Å². The minimum atomic E-state index is -3.47. The molecule has 0 aliphatic heterocycles. The zero-order chi connectivity index (χ0) is 22.8. The monoisotopic (exact) mass is 512 g/mol. The number of pyridine rings is 1. The van der Waals surface area contributed by atoms with Gasteiger partial charge in [0.1, 0.15) is 5.56 Å². The number of carbonyl (C=O) groups is 1. The summed E-state index contributed by atoms with van der Waals surface area (Å²) in [5.74, 6) is -3.93. The topological polar surface area (TPSA) is 94.6 Å². The Morgan fingerprint density at radius 1 is 1.16 bits per heavy atom. The fourth-order valence-electron chi connectivity index (χ4n) is 2.56. The Balaban J connectivity index is 1.96. The molecule has 3 aromatic rings. The van der Waals surface area contributed by atoms with Crippen molar-refractivity contribution in [2.24, 2.45) is 0 Å². The van der Waals surface area contributed by atoms with Gasteiger partial charge in [-0.25, -0.2) is 17.8 Å². The zero-order valence-electron chi connectivity index (χ0n) is 16.1. The fourth-order valence-corrected chi connectivity index (χ4v) is 3.56. The summed E-state index contributed by atoms with van der Waals surface area (Å²) in [5.41, 5.74) is 0.176. The number of carbonyl (C=O) groups excluding carboxylic acids is 1. The summed E-state index contributed by atoms with van der Waals surface area (Å²) in [6, 6.07) is 9.09. The van der Waals surface area contributed by atoms with E-state index in [1.807, 2.05) is 0 Å². The van der Waals surface area contributed by atoms with E-state index in [4.69, 9.17) is 9.47 Å². The number of sulfone groups is 1. The van der Waals surface area contributed by atoms with E-state index in [1.54, 1.807) is 0 Å². The summed E-state index contributed by atoms with van der Waals surface area (Å²) < 4.78 is 61.8. The van der Waals surface area contributed by atoms with Crippen LogP contribution in [-0.2, 0) is 9.84 Å². The number of methoxy groups -OCH3 is 1. The van der Waals surface area contributed by atoms with E-state index in [1.165, 1.54) is 36.5 Å². The van der Waals surface area contributed by atoms with Crippen LogP contribution in [0.2, 0.25) is 0 Å². The maximum Gasteiger partial charge on any atom is 0.261 e. The molecule has 3 rings (SSSR count). The number of hydrogen-bond donors (Lipinski definition) is 1. The first-order chi connectivity index (χ1) is 14.6. The van der Waals surface area contributed by atoms with Crippen molar-refractivity contribution in [1.82, 2.24) is 4.98 Å². The van der Waals surface area contributed by atoms with Crippen LogP contribution in [0.25, 0.3) is 0 Å². The SMILES string of the molecule is COc1c(Oc2ncc(Br)cc2C(=O)Nc2cccc(S(C)(=O)=O)c2)ccc(F)c1F. The van der Waals surface area contributed by atoms with E-state index >= 15 is 0 Å².